The molecule has 3 rings (SSSR count). The summed E-state index contributed by atoms with van der Waals surface area (Å²) in [7, 11) is 3.01. The Morgan fingerprint density at radius 1 is 1.08 bits per heavy atom. The molecule has 0 aromatic heterocycles. The lowest BCUT2D eigenvalue weighted by Crippen LogP contribution is -2.46. The normalized spacial score (nSPS) is 13.8. The molecule has 0 aliphatic carbocycles. The van der Waals surface area contributed by atoms with E-state index in [1.807, 2.05) is 0 Å². The zero-order chi connectivity index (χ0) is 18.5. The van der Waals surface area contributed by atoms with Crippen molar-refractivity contribution in [2.45, 2.75) is 6.42 Å². The molecular formula is C19H21N3O4. The van der Waals surface area contributed by atoms with Gasteiger partial charge in [-0.2, -0.15) is 0 Å². The van der Waals surface area contributed by atoms with Crippen molar-refractivity contribution < 1.29 is 19.1 Å². The van der Waals surface area contributed by atoms with E-state index in [0.717, 1.165) is 12.1 Å². The number of rotatable bonds is 5. The van der Waals surface area contributed by atoms with E-state index in [2.05, 4.69) is 10.6 Å². The number of nitrogens with zero attached hydrogens (tertiary/aromatic N) is 1. The van der Waals surface area contributed by atoms with Crippen LogP contribution in [0.5, 0.6) is 11.5 Å². The maximum absolute atomic E-state index is 12.7. The van der Waals surface area contributed by atoms with Crippen LogP contribution in [0.1, 0.15) is 16.8 Å². The van der Waals surface area contributed by atoms with Crippen molar-refractivity contribution in [3.05, 3.63) is 48.0 Å². The first-order chi connectivity index (χ1) is 12.6. The molecule has 0 bridgehead atoms. The van der Waals surface area contributed by atoms with Gasteiger partial charge in [-0.15, -0.1) is 0 Å². The van der Waals surface area contributed by atoms with Crippen molar-refractivity contribution in [3.63, 3.8) is 0 Å². The molecule has 0 radical (unpaired) electrons. The summed E-state index contributed by atoms with van der Waals surface area (Å²) in [6, 6.07) is 12.2. The number of methoxy groups -OCH3 is 2. The predicted molar refractivity (Wildman–Crippen MR) is 99.3 cm³/mol. The van der Waals surface area contributed by atoms with E-state index in [1.54, 1.807) is 47.4 Å². The van der Waals surface area contributed by atoms with E-state index in [9.17, 15) is 9.59 Å². The first-order valence-corrected chi connectivity index (χ1v) is 8.32. The molecule has 1 saturated heterocycles. The van der Waals surface area contributed by atoms with Crippen molar-refractivity contribution in [1.82, 2.24) is 5.32 Å². The van der Waals surface area contributed by atoms with Gasteiger partial charge < -0.3 is 20.1 Å². The third-order valence-electron chi connectivity index (χ3n) is 4.17. The van der Waals surface area contributed by atoms with Gasteiger partial charge in [0.05, 0.1) is 14.2 Å². The predicted octanol–water partition coefficient (Wildman–Crippen LogP) is 2.88. The number of urea groups is 1. The van der Waals surface area contributed by atoms with Crippen molar-refractivity contribution in [2.75, 3.05) is 37.5 Å². The molecule has 136 valence electrons. The lowest BCUT2D eigenvalue weighted by atomic mass is 10.1. The highest BCUT2D eigenvalue weighted by atomic mass is 16.5. The van der Waals surface area contributed by atoms with Crippen LogP contribution in [0.2, 0.25) is 0 Å². The second kappa shape index (κ2) is 7.77. The molecule has 7 heteroatoms. The number of hydrogen-bond acceptors (Lipinski definition) is 4. The molecule has 3 amide bonds. The van der Waals surface area contributed by atoms with Gasteiger partial charge in [-0.05, 0) is 42.8 Å². The molecule has 26 heavy (non-hydrogen) atoms. The zero-order valence-electron chi connectivity index (χ0n) is 14.7. The third kappa shape index (κ3) is 3.56. The molecule has 0 saturated carbocycles. The summed E-state index contributed by atoms with van der Waals surface area (Å²) < 4.78 is 10.5. The topological polar surface area (TPSA) is 79.9 Å². The highest BCUT2D eigenvalue weighted by Gasteiger charge is 2.20. The Labute approximate surface area is 151 Å². The monoisotopic (exact) mass is 355 g/mol. The molecule has 2 N–H and O–H groups in total. The zero-order valence-corrected chi connectivity index (χ0v) is 14.7. The molecule has 2 aromatic carbocycles. The van der Waals surface area contributed by atoms with Crippen LogP contribution in [-0.4, -0.2) is 39.2 Å². The molecule has 2 aromatic rings. The second-order valence-corrected chi connectivity index (χ2v) is 5.78. The Morgan fingerprint density at radius 3 is 2.31 bits per heavy atom. The smallest absolute Gasteiger partial charge is 0.321 e. The summed E-state index contributed by atoms with van der Waals surface area (Å²) in [6.07, 6.45) is 0.901. The summed E-state index contributed by atoms with van der Waals surface area (Å²) in [6.45, 7) is 1.38. The van der Waals surface area contributed by atoms with E-state index in [0.29, 0.717) is 35.8 Å². The number of ether oxygens (including phenoxy) is 2. The first kappa shape index (κ1) is 17.6. The Kier molecular flexibility index (Phi) is 5.26. The third-order valence-corrected chi connectivity index (χ3v) is 4.17. The molecule has 1 aliphatic heterocycles. The van der Waals surface area contributed by atoms with Gasteiger partial charge in [0.25, 0.3) is 5.91 Å². The van der Waals surface area contributed by atoms with Gasteiger partial charge in [0.2, 0.25) is 0 Å². The van der Waals surface area contributed by atoms with Gasteiger partial charge in [0, 0.05) is 24.5 Å². The SMILES string of the molecule is COc1cccc(OC)c1C(=O)Nc1ccc(N2CCCNC2=O)cc1. The van der Waals surface area contributed by atoms with E-state index in [4.69, 9.17) is 9.47 Å². The number of anilines is 2. The van der Waals surface area contributed by atoms with Crippen molar-refractivity contribution in [3.8, 4) is 11.5 Å². The second-order valence-electron chi connectivity index (χ2n) is 5.78. The first-order valence-electron chi connectivity index (χ1n) is 8.32. The van der Waals surface area contributed by atoms with Crippen LogP contribution in [0.25, 0.3) is 0 Å². The lowest BCUT2D eigenvalue weighted by Gasteiger charge is -2.27. The van der Waals surface area contributed by atoms with E-state index < -0.39 is 0 Å². The minimum atomic E-state index is -0.331. The van der Waals surface area contributed by atoms with Crippen LogP contribution >= 0.6 is 0 Å². The molecule has 0 atom stereocenters. The summed E-state index contributed by atoms with van der Waals surface area (Å²) in [5.74, 6) is 0.537. The number of carbonyl (C=O) groups excluding carboxylic acids is 2. The molecule has 0 spiro atoms. The number of carbonyl (C=O) groups is 2. The van der Waals surface area contributed by atoms with Gasteiger partial charge >= 0.3 is 6.03 Å². The van der Waals surface area contributed by atoms with Gasteiger partial charge in [-0.3, -0.25) is 9.69 Å². The fourth-order valence-corrected chi connectivity index (χ4v) is 2.87. The average molecular weight is 355 g/mol. The fourth-order valence-electron chi connectivity index (χ4n) is 2.87. The fraction of sp³-hybridized carbons (Fsp3) is 0.263. The maximum Gasteiger partial charge on any atom is 0.321 e. The van der Waals surface area contributed by atoms with Crippen LogP contribution in [0.15, 0.2) is 42.5 Å². The van der Waals surface area contributed by atoms with Crippen LogP contribution in [0.3, 0.4) is 0 Å². The minimum Gasteiger partial charge on any atom is -0.496 e. The summed E-state index contributed by atoms with van der Waals surface area (Å²) >= 11 is 0. The van der Waals surface area contributed by atoms with E-state index in [-0.39, 0.29) is 11.9 Å². The van der Waals surface area contributed by atoms with E-state index >= 15 is 0 Å². The van der Waals surface area contributed by atoms with Crippen LogP contribution in [0.4, 0.5) is 16.2 Å². The average Bonchev–Trinajstić information content (AvgIpc) is 2.68. The molecule has 1 fully saturated rings. The quantitative estimate of drug-likeness (QED) is 0.864. The molecular weight excluding hydrogens is 334 g/mol. The standard InChI is InChI=1S/C19H21N3O4/c1-25-15-5-3-6-16(26-2)17(15)18(23)21-13-7-9-14(10-8-13)22-12-4-11-20-19(22)24/h3,5-10H,4,11-12H2,1-2H3,(H,20,24)(H,21,23). The highest BCUT2D eigenvalue weighted by molar-refractivity contribution is 6.08. The lowest BCUT2D eigenvalue weighted by molar-refractivity contribution is 0.102. The summed E-state index contributed by atoms with van der Waals surface area (Å²) in [5.41, 5.74) is 1.73. The van der Waals surface area contributed by atoms with Crippen molar-refractivity contribution in [1.29, 1.82) is 0 Å². The minimum absolute atomic E-state index is 0.105. The van der Waals surface area contributed by atoms with Gasteiger partial charge in [-0.25, -0.2) is 4.79 Å². The molecule has 0 unspecified atom stereocenters. The Balaban J connectivity index is 1.77. The summed E-state index contributed by atoms with van der Waals surface area (Å²) in [5, 5.41) is 5.64. The van der Waals surface area contributed by atoms with Crippen molar-refractivity contribution >= 4 is 23.3 Å². The molecule has 7 nitrogen and oxygen atoms in total. The number of nitrogens with one attached hydrogen (secondary N) is 2. The van der Waals surface area contributed by atoms with Gasteiger partial charge in [0.1, 0.15) is 17.1 Å². The number of benzene rings is 2. The van der Waals surface area contributed by atoms with Crippen molar-refractivity contribution in [2.24, 2.45) is 0 Å². The number of hydrogen-bond donors (Lipinski definition) is 2. The van der Waals surface area contributed by atoms with Gasteiger partial charge in [-0.1, -0.05) is 6.07 Å². The Bertz CT molecular complexity index is 783. The van der Waals surface area contributed by atoms with Crippen LogP contribution < -0.4 is 25.0 Å². The number of amides is 3. The highest BCUT2D eigenvalue weighted by Crippen LogP contribution is 2.29. The van der Waals surface area contributed by atoms with Gasteiger partial charge in [0.15, 0.2) is 0 Å². The molecule has 1 heterocycles. The Morgan fingerprint density at radius 2 is 1.73 bits per heavy atom. The largest absolute Gasteiger partial charge is 0.496 e. The Hall–Kier alpha value is -3.22. The maximum atomic E-state index is 12.7. The van der Waals surface area contributed by atoms with E-state index in [1.165, 1.54) is 14.2 Å². The van der Waals surface area contributed by atoms with Crippen LogP contribution in [0, 0.1) is 0 Å². The molecule has 1 aliphatic rings. The summed E-state index contributed by atoms with van der Waals surface area (Å²) in [4.78, 5) is 26.2. The van der Waals surface area contributed by atoms with Crippen LogP contribution in [-0.2, 0) is 0 Å².